The Morgan fingerprint density at radius 1 is 0.441 bits per heavy atom. The van der Waals surface area contributed by atoms with E-state index >= 15 is 0 Å². The number of guanidine groups is 6. The third kappa shape index (κ3) is 5.17. The first kappa shape index (κ1) is 24.3. The van der Waals surface area contributed by atoms with Crippen molar-refractivity contribution in [1.29, 1.82) is 0 Å². The Morgan fingerprint density at radius 3 is 0.882 bits per heavy atom. The SMILES string of the molecule is C=CCN(CC=C)C1=NC2=NC(N(CC=C)CC=C)=NC3=NC(N(CC=C)CC=C)=NC(=N1)N23. The van der Waals surface area contributed by atoms with Crippen molar-refractivity contribution in [2.75, 3.05) is 39.3 Å². The first-order chi connectivity index (χ1) is 16.6. The molecule has 0 aliphatic carbocycles. The lowest BCUT2D eigenvalue weighted by Gasteiger charge is -2.35. The van der Waals surface area contributed by atoms with Gasteiger partial charge in [0.15, 0.2) is 0 Å². The van der Waals surface area contributed by atoms with Gasteiger partial charge in [-0.3, -0.25) is 0 Å². The molecule has 0 atom stereocenters. The number of hydrogen-bond acceptors (Lipinski definition) is 10. The molecule has 0 spiro atoms. The molecule has 3 aliphatic rings. The van der Waals surface area contributed by atoms with Gasteiger partial charge in [0.25, 0.3) is 0 Å². The van der Waals surface area contributed by atoms with E-state index in [1.165, 1.54) is 0 Å². The lowest BCUT2D eigenvalue weighted by atomic mass is 10.4. The second kappa shape index (κ2) is 11.5. The van der Waals surface area contributed by atoms with Crippen molar-refractivity contribution >= 4 is 35.8 Å². The quantitative estimate of drug-likeness (QED) is 0.421. The van der Waals surface area contributed by atoms with E-state index in [0.29, 0.717) is 75.0 Å². The summed E-state index contributed by atoms with van der Waals surface area (Å²) >= 11 is 0. The zero-order valence-electron chi connectivity index (χ0n) is 19.4. The van der Waals surface area contributed by atoms with E-state index in [1.54, 1.807) is 41.4 Å². The highest BCUT2D eigenvalue weighted by molar-refractivity contribution is 6.30. The fraction of sp³-hybridized carbons (Fsp3) is 0.250. The monoisotopic (exact) mass is 458 g/mol. The van der Waals surface area contributed by atoms with E-state index in [0.717, 1.165) is 0 Å². The maximum absolute atomic E-state index is 4.70. The highest BCUT2D eigenvalue weighted by atomic mass is 15.6. The molecule has 0 aromatic heterocycles. The molecule has 3 heterocycles. The highest BCUT2D eigenvalue weighted by Crippen LogP contribution is 2.20. The average Bonchev–Trinajstić information content (AvgIpc) is 2.83. The molecule has 0 amide bonds. The highest BCUT2D eigenvalue weighted by Gasteiger charge is 2.37. The van der Waals surface area contributed by atoms with E-state index in [4.69, 9.17) is 30.0 Å². The van der Waals surface area contributed by atoms with Gasteiger partial charge in [-0.1, -0.05) is 36.5 Å². The average molecular weight is 459 g/mol. The topological polar surface area (TPSA) is 87.1 Å². The largest absolute Gasteiger partial charge is 0.333 e. The van der Waals surface area contributed by atoms with Crippen LogP contribution in [0.1, 0.15) is 0 Å². The minimum atomic E-state index is 0.377. The van der Waals surface area contributed by atoms with Crippen LogP contribution in [-0.4, -0.2) is 94.6 Å². The van der Waals surface area contributed by atoms with Gasteiger partial charge in [-0.15, -0.1) is 39.5 Å². The molecule has 0 unspecified atom stereocenters. The van der Waals surface area contributed by atoms with Crippen LogP contribution in [0.2, 0.25) is 0 Å². The van der Waals surface area contributed by atoms with Crippen LogP contribution in [0.4, 0.5) is 0 Å². The van der Waals surface area contributed by atoms with Gasteiger partial charge in [0.05, 0.1) is 0 Å². The fourth-order valence-electron chi connectivity index (χ4n) is 3.33. The summed E-state index contributed by atoms with van der Waals surface area (Å²) in [5.74, 6) is 2.49. The number of aliphatic imine (C=N–C) groups is 6. The molecule has 3 aliphatic heterocycles. The predicted octanol–water partition coefficient (Wildman–Crippen LogP) is 2.49. The number of hydrogen-bond donors (Lipinski definition) is 0. The van der Waals surface area contributed by atoms with Gasteiger partial charge in [0, 0.05) is 39.3 Å². The van der Waals surface area contributed by atoms with Crippen molar-refractivity contribution in [3.05, 3.63) is 75.9 Å². The molecule has 0 N–H and O–H groups in total. The minimum Gasteiger partial charge on any atom is -0.333 e. The lowest BCUT2D eigenvalue weighted by molar-refractivity contribution is 0.496. The molecular weight excluding hydrogens is 428 g/mol. The summed E-state index contributed by atoms with van der Waals surface area (Å²) < 4.78 is 0. The maximum atomic E-state index is 4.70. The molecule has 3 rings (SSSR count). The first-order valence-corrected chi connectivity index (χ1v) is 10.8. The zero-order valence-corrected chi connectivity index (χ0v) is 19.4. The lowest BCUT2D eigenvalue weighted by Crippen LogP contribution is -2.52. The number of rotatable bonds is 12. The van der Waals surface area contributed by atoms with E-state index in [9.17, 15) is 0 Å². The smallest absolute Gasteiger partial charge is 0.246 e. The van der Waals surface area contributed by atoms with Crippen molar-refractivity contribution in [1.82, 2.24) is 19.6 Å². The summed E-state index contributed by atoms with van der Waals surface area (Å²) in [4.78, 5) is 35.6. The maximum Gasteiger partial charge on any atom is 0.246 e. The molecule has 0 radical (unpaired) electrons. The standard InChI is InChI=1S/C24H30N10/c1-7-13-31(14-8-2)19-25-22-27-20(32(15-9-3)16-10-4)29-24-30-21(28-23(26-19)34(22)24)33(17-11-5)18-12-6/h7-12H,1-6,13-18H2. The van der Waals surface area contributed by atoms with E-state index in [2.05, 4.69) is 39.5 Å². The first-order valence-electron chi connectivity index (χ1n) is 10.8. The summed E-state index contributed by atoms with van der Waals surface area (Å²) in [7, 11) is 0. The molecule has 10 heteroatoms. The summed E-state index contributed by atoms with van der Waals surface area (Å²) in [6.07, 6.45) is 10.7. The third-order valence-corrected chi connectivity index (χ3v) is 4.75. The Hall–Kier alpha value is -4.34. The van der Waals surface area contributed by atoms with Crippen molar-refractivity contribution in [2.24, 2.45) is 30.0 Å². The normalized spacial score (nSPS) is 15.7. The van der Waals surface area contributed by atoms with Crippen LogP contribution in [0, 0.1) is 0 Å². The second-order valence-corrected chi connectivity index (χ2v) is 7.25. The Kier molecular flexibility index (Phi) is 8.22. The molecule has 34 heavy (non-hydrogen) atoms. The molecule has 10 nitrogen and oxygen atoms in total. The molecular formula is C24H30N10. The Bertz CT molecular complexity index is 892. The fourth-order valence-corrected chi connectivity index (χ4v) is 3.33. The molecule has 0 aromatic rings. The molecule has 0 fully saturated rings. The van der Waals surface area contributed by atoms with Gasteiger partial charge >= 0.3 is 0 Å². The molecule has 0 aromatic carbocycles. The van der Waals surface area contributed by atoms with Gasteiger partial charge in [-0.2, -0.15) is 30.0 Å². The van der Waals surface area contributed by atoms with Crippen LogP contribution in [-0.2, 0) is 0 Å². The predicted molar refractivity (Wildman–Crippen MR) is 142 cm³/mol. The zero-order chi connectivity index (χ0) is 24.5. The summed E-state index contributed by atoms with van der Waals surface area (Å²) in [5.41, 5.74) is 0. The molecule has 0 saturated carbocycles. The van der Waals surface area contributed by atoms with Crippen molar-refractivity contribution in [3.63, 3.8) is 0 Å². The Balaban J connectivity index is 2.16. The molecule has 176 valence electrons. The van der Waals surface area contributed by atoms with E-state index in [1.807, 2.05) is 14.7 Å². The van der Waals surface area contributed by atoms with Crippen molar-refractivity contribution < 1.29 is 0 Å². The van der Waals surface area contributed by atoms with Gasteiger partial charge in [-0.05, 0) is 0 Å². The van der Waals surface area contributed by atoms with Crippen LogP contribution in [0.3, 0.4) is 0 Å². The Labute approximate surface area is 200 Å². The summed E-state index contributed by atoms with van der Waals surface area (Å²) in [6, 6.07) is 0. The van der Waals surface area contributed by atoms with Crippen LogP contribution >= 0.6 is 0 Å². The summed E-state index contributed by atoms with van der Waals surface area (Å²) in [6.45, 7) is 26.2. The van der Waals surface area contributed by atoms with Crippen molar-refractivity contribution in [2.45, 2.75) is 0 Å². The molecule has 0 saturated heterocycles. The van der Waals surface area contributed by atoms with Gasteiger partial charge in [0.2, 0.25) is 35.8 Å². The second-order valence-electron chi connectivity index (χ2n) is 7.25. The van der Waals surface area contributed by atoms with Gasteiger partial charge in [0.1, 0.15) is 0 Å². The van der Waals surface area contributed by atoms with Gasteiger partial charge in [-0.25, -0.2) is 4.90 Å². The molecule has 0 bridgehead atoms. The van der Waals surface area contributed by atoms with Crippen LogP contribution < -0.4 is 0 Å². The van der Waals surface area contributed by atoms with Gasteiger partial charge < -0.3 is 14.7 Å². The van der Waals surface area contributed by atoms with Crippen LogP contribution in [0.15, 0.2) is 106 Å². The van der Waals surface area contributed by atoms with Crippen molar-refractivity contribution in [3.8, 4) is 0 Å². The summed E-state index contributed by atoms with van der Waals surface area (Å²) in [5, 5.41) is 0. The van der Waals surface area contributed by atoms with Crippen LogP contribution in [0.25, 0.3) is 0 Å². The van der Waals surface area contributed by atoms with E-state index < -0.39 is 0 Å². The van der Waals surface area contributed by atoms with E-state index in [-0.39, 0.29) is 0 Å². The number of nitrogens with zero attached hydrogens (tertiary/aromatic N) is 10. The third-order valence-electron chi connectivity index (χ3n) is 4.75. The minimum absolute atomic E-state index is 0.377. The van der Waals surface area contributed by atoms with Crippen LogP contribution in [0.5, 0.6) is 0 Å². The Morgan fingerprint density at radius 2 is 0.676 bits per heavy atom.